The fourth-order valence-electron chi connectivity index (χ4n) is 4.21. The van der Waals surface area contributed by atoms with Crippen LogP contribution in [0.5, 0.6) is 0 Å². The van der Waals surface area contributed by atoms with Gasteiger partial charge in [-0.2, -0.15) is 18.3 Å². The summed E-state index contributed by atoms with van der Waals surface area (Å²) in [6.07, 6.45) is -2.51. The number of anilines is 3. The zero-order valence-corrected chi connectivity index (χ0v) is 25.8. The summed E-state index contributed by atoms with van der Waals surface area (Å²) in [5.41, 5.74) is 1.85. The van der Waals surface area contributed by atoms with Crippen LogP contribution >= 0.6 is 11.6 Å². The minimum Gasteiger partial charge on any atom is -0.475 e. The Labute approximate surface area is 270 Å². The summed E-state index contributed by atoms with van der Waals surface area (Å²) in [4.78, 5) is 60.4. The normalized spacial score (nSPS) is 12.9. The van der Waals surface area contributed by atoms with E-state index >= 15 is 0 Å². The molecule has 3 aromatic rings. The summed E-state index contributed by atoms with van der Waals surface area (Å²) in [6, 6.07) is 10.3. The maximum Gasteiger partial charge on any atom is 0.490 e. The lowest BCUT2D eigenvalue weighted by atomic mass is 10.1. The fourth-order valence-corrected chi connectivity index (χ4v) is 4.47. The van der Waals surface area contributed by atoms with E-state index in [2.05, 4.69) is 25.9 Å². The Balaban J connectivity index is 0.000000771. The zero-order valence-electron chi connectivity index (χ0n) is 25.0. The maximum atomic E-state index is 12.9. The number of halogens is 4. The summed E-state index contributed by atoms with van der Waals surface area (Å²) >= 11 is 6.43. The maximum absolute atomic E-state index is 12.9. The fraction of sp³-hybridized carbons (Fsp3) is 0.310. The van der Waals surface area contributed by atoms with Gasteiger partial charge in [0.2, 0.25) is 0 Å². The molecule has 0 saturated carbocycles. The predicted octanol–water partition coefficient (Wildman–Crippen LogP) is 3.60. The van der Waals surface area contributed by atoms with Crippen molar-refractivity contribution in [2.24, 2.45) is 0 Å². The number of nitrogens with zero attached hydrogens (tertiary/aromatic N) is 3. The molecule has 2 heterocycles. The molecule has 14 nitrogen and oxygen atoms in total. The first-order chi connectivity index (χ1) is 22.2. The van der Waals surface area contributed by atoms with Gasteiger partial charge in [-0.05, 0) is 48.9 Å². The second-order valence-electron chi connectivity index (χ2n) is 9.76. The standard InChI is InChI=1S/C27H29ClN6O6.C2HF3O2/c1-39-25(36)18-12-19(26(37)40-2)14-21(13-18)32-27(38)31-20-6-4-17(5-7-20)16-34-24(35)23(28)22(15-30-34)33-10-3-8-29-9-11-33;3-2(4,5)1(6)7/h4-7,12-15,29H,3,8-11,16H2,1-2H3,(H2,31,32,38);(H,6,7). The molecule has 18 heteroatoms. The van der Waals surface area contributed by atoms with Gasteiger partial charge in [0.1, 0.15) is 5.02 Å². The molecule has 1 aliphatic heterocycles. The van der Waals surface area contributed by atoms with E-state index < -0.39 is 30.1 Å². The highest BCUT2D eigenvalue weighted by Gasteiger charge is 2.38. The summed E-state index contributed by atoms with van der Waals surface area (Å²) in [6.45, 7) is 3.47. The van der Waals surface area contributed by atoms with Crippen LogP contribution in [0.2, 0.25) is 5.02 Å². The Morgan fingerprint density at radius 2 is 1.53 bits per heavy atom. The molecule has 2 aromatic carbocycles. The van der Waals surface area contributed by atoms with Gasteiger partial charge in [0.05, 0.1) is 43.8 Å². The van der Waals surface area contributed by atoms with Gasteiger partial charge in [-0.15, -0.1) is 0 Å². The number of ether oxygens (including phenoxy) is 2. The molecule has 2 amide bonds. The molecular weight excluding hydrogens is 653 g/mol. The largest absolute Gasteiger partial charge is 0.490 e. The quantitative estimate of drug-likeness (QED) is 0.267. The molecule has 4 rings (SSSR count). The molecule has 0 atom stereocenters. The minimum atomic E-state index is -5.08. The van der Waals surface area contributed by atoms with Crippen LogP contribution in [0.1, 0.15) is 32.7 Å². The SMILES string of the molecule is COC(=O)c1cc(NC(=O)Nc2ccc(Cn3ncc(N4CCCNCC4)c(Cl)c3=O)cc2)cc(C(=O)OC)c1.O=C(O)C(F)(F)F. The molecule has 0 aliphatic carbocycles. The molecule has 1 aromatic heterocycles. The van der Waals surface area contributed by atoms with Crippen LogP contribution in [-0.2, 0) is 20.8 Å². The number of methoxy groups -OCH3 is 2. The minimum absolute atomic E-state index is 0.0745. The third kappa shape index (κ3) is 10.4. The van der Waals surface area contributed by atoms with Gasteiger partial charge in [0.15, 0.2) is 0 Å². The van der Waals surface area contributed by atoms with Crippen molar-refractivity contribution in [3.63, 3.8) is 0 Å². The number of hydrogen-bond donors (Lipinski definition) is 4. The number of nitrogens with one attached hydrogen (secondary N) is 3. The van der Waals surface area contributed by atoms with Crippen LogP contribution in [0, 0.1) is 0 Å². The van der Waals surface area contributed by atoms with E-state index in [1.54, 1.807) is 30.5 Å². The van der Waals surface area contributed by atoms with Gasteiger partial charge in [-0.25, -0.2) is 23.9 Å². The topological polar surface area (TPSA) is 181 Å². The molecule has 0 spiro atoms. The Kier molecular flexibility index (Phi) is 12.7. The Morgan fingerprint density at radius 1 is 0.957 bits per heavy atom. The lowest BCUT2D eigenvalue weighted by Gasteiger charge is -2.23. The number of urea groups is 1. The van der Waals surface area contributed by atoms with Gasteiger partial charge >= 0.3 is 30.1 Å². The van der Waals surface area contributed by atoms with E-state index in [4.69, 9.17) is 31.0 Å². The summed E-state index contributed by atoms with van der Waals surface area (Å²) in [7, 11) is 2.42. The molecule has 1 fully saturated rings. The van der Waals surface area contributed by atoms with Crippen molar-refractivity contribution in [3.8, 4) is 0 Å². The van der Waals surface area contributed by atoms with Crippen molar-refractivity contribution in [2.45, 2.75) is 19.1 Å². The average Bonchev–Trinajstić information content (AvgIpc) is 3.32. The predicted molar refractivity (Wildman–Crippen MR) is 164 cm³/mol. The number of alkyl halides is 3. The number of esters is 2. The van der Waals surface area contributed by atoms with Gasteiger partial charge in [-0.1, -0.05) is 23.7 Å². The van der Waals surface area contributed by atoms with Crippen molar-refractivity contribution in [1.82, 2.24) is 15.1 Å². The third-order valence-electron chi connectivity index (χ3n) is 6.47. The number of carbonyl (C=O) groups is 4. The van der Waals surface area contributed by atoms with Gasteiger partial charge < -0.3 is 35.4 Å². The number of carboxylic acids is 1. The number of carbonyl (C=O) groups excluding carboxylic acids is 3. The molecule has 0 bridgehead atoms. The Morgan fingerprint density at radius 3 is 2.09 bits per heavy atom. The van der Waals surface area contributed by atoms with Crippen molar-refractivity contribution >= 4 is 52.6 Å². The molecule has 1 aliphatic rings. The summed E-state index contributed by atoms with van der Waals surface area (Å²) in [5, 5.41) is 20.2. The van der Waals surface area contributed by atoms with Gasteiger partial charge in [-0.3, -0.25) is 4.79 Å². The average molecular weight is 683 g/mol. The highest BCUT2D eigenvalue weighted by molar-refractivity contribution is 6.33. The summed E-state index contributed by atoms with van der Waals surface area (Å²) in [5.74, 6) is -4.10. The molecule has 0 radical (unpaired) electrons. The van der Waals surface area contributed by atoms with Crippen LogP contribution in [0.4, 0.5) is 35.0 Å². The number of rotatable bonds is 7. The van der Waals surface area contributed by atoms with E-state index in [0.717, 1.165) is 38.2 Å². The molecule has 1 saturated heterocycles. The number of amides is 2. The number of aromatic nitrogens is 2. The highest BCUT2D eigenvalue weighted by Crippen LogP contribution is 2.22. The molecule has 47 heavy (non-hydrogen) atoms. The number of carboxylic acid groups (broad SMARTS) is 1. The van der Waals surface area contributed by atoms with E-state index in [-0.39, 0.29) is 33.9 Å². The van der Waals surface area contributed by atoms with Crippen LogP contribution in [0.15, 0.2) is 53.5 Å². The van der Waals surface area contributed by atoms with Gasteiger partial charge in [0.25, 0.3) is 5.56 Å². The molecule has 252 valence electrons. The first kappa shape index (κ1) is 36.3. The molecular formula is C29H30ClF3N6O8. The van der Waals surface area contributed by atoms with E-state index in [0.29, 0.717) is 11.4 Å². The van der Waals surface area contributed by atoms with E-state index in [9.17, 15) is 32.3 Å². The van der Waals surface area contributed by atoms with E-state index in [1.807, 2.05) is 0 Å². The second-order valence-corrected chi connectivity index (χ2v) is 10.1. The smallest absolute Gasteiger partial charge is 0.475 e. The second kappa shape index (κ2) is 16.4. The van der Waals surface area contributed by atoms with Crippen LogP contribution in [0.25, 0.3) is 0 Å². The van der Waals surface area contributed by atoms with Gasteiger partial charge in [0, 0.05) is 31.0 Å². The van der Waals surface area contributed by atoms with Crippen molar-refractivity contribution in [1.29, 1.82) is 0 Å². The highest BCUT2D eigenvalue weighted by atomic mass is 35.5. The number of aliphatic carboxylic acids is 1. The summed E-state index contributed by atoms with van der Waals surface area (Å²) < 4.78 is 42.5. The lowest BCUT2D eigenvalue weighted by Crippen LogP contribution is -2.32. The van der Waals surface area contributed by atoms with E-state index in [1.165, 1.54) is 37.1 Å². The van der Waals surface area contributed by atoms with Crippen molar-refractivity contribution < 1.29 is 46.9 Å². The zero-order chi connectivity index (χ0) is 34.7. The van der Waals surface area contributed by atoms with Crippen molar-refractivity contribution in [2.75, 3.05) is 55.9 Å². The first-order valence-corrected chi connectivity index (χ1v) is 14.1. The number of benzene rings is 2. The third-order valence-corrected chi connectivity index (χ3v) is 6.82. The number of hydrogen-bond acceptors (Lipinski definition) is 10. The lowest BCUT2D eigenvalue weighted by molar-refractivity contribution is -0.192. The Bertz CT molecular complexity index is 1620. The monoisotopic (exact) mass is 682 g/mol. The first-order valence-electron chi connectivity index (χ1n) is 13.7. The van der Waals surface area contributed by atoms with Crippen molar-refractivity contribution in [3.05, 3.63) is 80.7 Å². The Hall–Kier alpha value is -5.16. The van der Waals surface area contributed by atoms with Crippen LogP contribution < -0.4 is 26.4 Å². The molecule has 4 N–H and O–H groups in total. The molecule has 0 unspecified atom stereocenters. The van der Waals surface area contributed by atoms with Crippen LogP contribution in [-0.4, -0.2) is 85.4 Å². The van der Waals surface area contributed by atoms with Crippen LogP contribution in [0.3, 0.4) is 0 Å².